The quantitative estimate of drug-likeness (QED) is 0.0660. The Morgan fingerprint density at radius 1 is 0.692 bits per heavy atom. The number of nitrogens with two attached hydrogens (primary N) is 1. The molecular weight excluding hydrogens is 761 g/mol. The van der Waals surface area contributed by atoms with Crippen LogP contribution in [0, 0.1) is 29.6 Å². The number of aliphatic hydroxyl groups excluding tert-OH is 3. The van der Waals surface area contributed by atoms with Crippen LogP contribution in [0.15, 0.2) is 0 Å². The molecule has 0 aliphatic rings. The number of carbonyl (C=O) groups is 1. The van der Waals surface area contributed by atoms with Crippen molar-refractivity contribution in [2.24, 2.45) is 35.3 Å². The third kappa shape index (κ3) is 58.2. The van der Waals surface area contributed by atoms with Crippen LogP contribution in [-0.4, -0.2) is 112 Å². The maximum absolute atomic E-state index is 10.2. The molecule has 0 radical (unpaired) electrons. The van der Waals surface area contributed by atoms with Crippen molar-refractivity contribution >= 4 is 63.8 Å². The van der Waals surface area contributed by atoms with Crippen molar-refractivity contribution in [2.45, 2.75) is 127 Å². The molecule has 16 heteroatoms. The summed E-state index contributed by atoms with van der Waals surface area (Å²) in [7, 11) is 0. The van der Waals surface area contributed by atoms with Crippen LogP contribution in [0.25, 0.3) is 5.73 Å². The number of hydrogen-bond donors (Lipinski definition) is 4. The fourth-order valence-electron chi connectivity index (χ4n) is 2.67. The molecule has 7 atom stereocenters. The summed E-state index contributed by atoms with van der Waals surface area (Å²) in [4.78, 5) is 11.8. The number of nitrogens with one attached hydrogen (secondary N) is 1. The summed E-state index contributed by atoms with van der Waals surface area (Å²) in [6, 6.07) is 0. The van der Waals surface area contributed by atoms with Crippen LogP contribution in [0.3, 0.4) is 0 Å². The fraction of sp³-hybridized carbons (Fsp3) is 0.917. The van der Waals surface area contributed by atoms with Gasteiger partial charge in [0.05, 0.1) is 38.1 Å². The molecule has 6 N–H and O–H groups in total. The summed E-state index contributed by atoms with van der Waals surface area (Å²) in [5, 5.41) is 29.1. The second-order valence-corrected chi connectivity index (χ2v) is 14.8. The molecule has 0 saturated heterocycles. The Hall–Kier alpha value is 1.52. The average molecular weight is 836 g/mol. The van der Waals surface area contributed by atoms with Crippen LogP contribution in [0.5, 0.6) is 0 Å². The smallest absolute Gasteiger partial charge is 0.675 e. The van der Waals surface area contributed by atoms with Gasteiger partial charge in [-0.3, -0.25) is 4.79 Å². The van der Waals surface area contributed by atoms with E-state index in [1.165, 1.54) is 6.42 Å². The summed E-state index contributed by atoms with van der Waals surface area (Å²) >= 11 is 18.0. The van der Waals surface area contributed by atoms with Crippen LogP contribution >= 0.6 is 36.7 Å². The fourth-order valence-corrected chi connectivity index (χ4v) is 2.97. The number of thiocarbonyl (C=S) groups is 3. The van der Waals surface area contributed by atoms with Crippen molar-refractivity contribution in [1.82, 2.24) is 4.90 Å². The molecule has 0 fully saturated rings. The van der Waals surface area contributed by atoms with Gasteiger partial charge in [-0.1, -0.05) is 106 Å². The van der Waals surface area contributed by atoms with Gasteiger partial charge in [0.1, 0.15) is 0 Å². The maximum atomic E-state index is 10.2. The predicted octanol–water partition coefficient (Wildman–Crippen LogP) is 1.03. The van der Waals surface area contributed by atoms with Gasteiger partial charge in [-0.2, -0.15) is 0 Å². The van der Waals surface area contributed by atoms with E-state index < -0.39 is 18.3 Å². The number of hydrogen-bond acceptors (Lipinski definition) is 11. The van der Waals surface area contributed by atoms with Gasteiger partial charge in [0, 0.05) is 43.1 Å². The Kier molecular flexibility index (Phi) is 66.3. The molecule has 0 aliphatic heterocycles. The predicted molar refractivity (Wildman–Crippen MR) is 224 cm³/mol. The third-order valence-corrected chi connectivity index (χ3v) is 8.02. The number of nitrogens with zero attached hydrogens (tertiary/aromatic N) is 1. The number of amides is 1. The monoisotopic (exact) mass is 835 g/mol. The Morgan fingerprint density at radius 2 is 0.981 bits per heavy atom. The zero-order valence-electron chi connectivity index (χ0n) is 35.2. The summed E-state index contributed by atoms with van der Waals surface area (Å²) in [6.45, 7) is 26.3. The Balaban J connectivity index is -0.000000119. The molecule has 302 valence electrons. The van der Waals surface area contributed by atoms with Crippen LogP contribution in [0.1, 0.15) is 108 Å². The van der Waals surface area contributed by atoms with Gasteiger partial charge in [-0.15, -0.1) is 6.54 Å². The molecule has 0 aromatic rings. The van der Waals surface area contributed by atoms with Gasteiger partial charge in [-0.25, -0.2) is 0 Å². The molecule has 1 amide bonds. The van der Waals surface area contributed by atoms with Crippen molar-refractivity contribution in [2.75, 3.05) is 59.3 Å². The largest absolute Gasteiger partial charge is 1.00 e. The van der Waals surface area contributed by atoms with E-state index >= 15 is 0 Å². The number of aliphatic hydroxyl groups is 3. The first-order chi connectivity index (χ1) is 23.4. The molecule has 10 nitrogen and oxygen atoms in total. The SMILES string of the molecule is CCC(C)C.CCC(C)C(N)=O.CCC(C)COCC(O)CN(CC(O)COCC(C)CC)C(=S)[S-].CCC(C)COCC(O)C[NH-].S=C=S.[Na+].[Na+]. The normalized spacial score (nSPS) is 13.9. The zero-order valence-corrected chi connectivity index (χ0v) is 42.4. The van der Waals surface area contributed by atoms with Gasteiger partial charge in [0.25, 0.3) is 0 Å². The summed E-state index contributed by atoms with van der Waals surface area (Å²) in [6.07, 6.45) is 3.33. The Bertz CT molecular complexity index is 760. The second-order valence-electron chi connectivity index (χ2n) is 13.1. The molecule has 0 heterocycles. The summed E-state index contributed by atoms with van der Waals surface area (Å²) in [5.41, 5.74) is 11.7. The first-order valence-electron chi connectivity index (χ1n) is 18.0. The number of rotatable bonds is 23. The van der Waals surface area contributed by atoms with E-state index in [2.05, 4.69) is 86.7 Å². The standard InChI is InChI=1S/C17H35NO4S2.C8H18NO2.C5H11NO.C5H12.CS2.2Na/c1-5-13(3)9-21-11-15(19)7-18(17(23)24)8-16(20)12-22-10-14(4)6-2;1-3-7(2)5-11-6-8(10)4-9;1-3-4(2)5(6)7;1-4-5(2)3;2-1-3;;/h13-16,19-20H,5-12H2,1-4H3,(H,23,24);7-10H,3-6H2,1-2H3;4H,3H2,1-2H3,(H2,6,7);5H,4H2,1-3H3;;;/q;-1;;;;2*+1/p-1. The second kappa shape index (κ2) is 50.5. The molecule has 0 aliphatic carbocycles. The molecule has 0 aromatic heterocycles. The van der Waals surface area contributed by atoms with Crippen LogP contribution < -0.4 is 64.8 Å². The summed E-state index contributed by atoms with van der Waals surface area (Å²) < 4.78 is 18.3. The molecule has 0 spiro atoms. The zero-order chi connectivity index (χ0) is 40.1. The Morgan fingerprint density at radius 3 is 1.15 bits per heavy atom. The molecule has 0 aromatic carbocycles. The van der Waals surface area contributed by atoms with Crippen LogP contribution in [-0.2, 0) is 31.6 Å². The average Bonchev–Trinajstić information content (AvgIpc) is 3.08. The van der Waals surface area contributed by atoms with Crippen molar-refractivity contribution in [3.05, 3.63) is 5.73 Å². The first kappa shape index (κ1) is 68.2. The van der Waals surface area contributed by atoms with Gasteiger partial charge < -0.3 is 70.7 Å². The van der Waals surface area contributed by atoms with Gasteiger partial charge in [-0.05, 0) is 54.5 Å². The molecule has 0 rings (SSSR count). The van der Waals surface area contributed by atoms with E-state index in [9.17, 15) is 15.0 Å². The molecule has 52 heavy (non-hydrogen) atoms. The van der Waals surface area contributed by atoms with Crippen molar-refractivity contribution < 1.29 is 93.4 Å². The van der Waals surface area contributed by atoms with E-state index in [1.807, 2.05) is 18.2 Å². The van der Waals surface area contributed by atoms with Crippen molar-refractivity contribution in [1.29, 1.82) is 0 Å². The van der Waals surface area contributed by atoms with E-state index in [0.29, 0.717) is 44.2 Å². The minimum atomic E-state index is -0.691. The molecule has 7 unspecified atom stereocenters. The van der Waals surface area contributed by atoms with E-state index in [0.717, 1.165) is 31.6 Å². The van der Waals surface area contributed by atoms with E-state index in [4.69, 9.17) is 55.6 Å². The Labute approximate surface area is 385 Å². The number of ether oxygens (including phenoxy) is 3. The molecular formula is C36H75N3Na2O7S4. The summed E-state index contributed by atoms with van der Waals surface area (Å²) in [5.74, 6) is 2.21. The van der Waals surface area contributed by atoms with Crippen molar-refractivity contribution in [3.63, 3.8) is 0 Å². The van der Waals surface area contributed by atoms with Crippen LogP contribution in [0.2, 0.25) is 0 Å². The third-order valence-electron chi connectivity index (χ3n) is 7.50. The topological polar surface area (TPSA) is 159 Å². The molecule has 0 bridgehead atoms. The minimum Gasteiger partial charge on any atom is -0.675 e. The van der Waals surface area contributed by atoms with E-state index in [-0.39, 0.29) is 108 Å². The number of carbonyl (C=O) groups excluding carboxylic acids is 1. The van der Waals surface area contributed by atoms with Crippen LogP contribution in [0.4, 0.5) is 0 Å². The van der Waals surface area contributed by atoms with E-state index in [1.54, 1.807) is 4.90 Å². The van der Waals surface area contributed by atoms with Gasteiger partial charge >= 0.3 is 59.1 Å². The minimum absolute atomic E-state index is 0. The first-order valence-corrected chi connectivity index (χ1v) is 19.7. The van der Waals surface area contributed by atoms with Gasteiger partial charge in [0.15, 0.2) is 0 Å². The maximum Gasteiger partial charge on any atom is 1.00 e. The van der Waals surface area contributed by atoms with Crippen molar-refractivity contribution in [3.8, 4) is 0 Å². The van der Waals surface area contributed by atoms with Gasteiger partial charge in [0.2, 0.25) is 5.91 Å². The molecule has 0 saturated carbocycles. The number of primary amides is 1.